The molecular formula is C52H35N3. The maximum Gasteiger partial charge on any atom is 0.0561 e. The smallest absolute Gasteiger partial charge is 0.0561 e. The van der Waals surface area contributed by atoms with Gasteiger partial charge in [0.05, 0.1) is 22.4 Å². The number of hydrogen-bond donors (Lipinski definition) is 0. The summed E-state index contributed by atoms with van der Waals surface area (Å²) in [5, 5.41) is 4.99. The lowest BCUT2D eigenvalue weighted by Crippen LogP contribution is -2.16. The van der Waals surface area contributed by atoms with Gasteiger partial charge in [-0.25, -0.2) is 0 Å². The van der Waals surface area contributed by atoms with Gasteiger partial charge in [0, 0.05) is 50.2 Å². The minimum atomic E-state index is 1.08. The Hall–Kier alpha value is -7.36. The quantitative estimate of drug-likeness (QED) is 0.171. The second kappa shape index (κ2) is 12.6. The largest absolute Gasteiger partial charge is 0.310 e. The van der Waals surface area contributed by atoms with Crippen LogP contribution in [0.4, 0.5) is 34.1 Å². The van der Waals surface area contributed by atoms with E-state index >= 15 is 0 Å². The van der Waals surface area contributed by atoms with E-state index in [1.54, 1.807) is 0 Å². The molecule has 258 valence electrons. The Bertz CT molecular complexity index is 3020. The van der Waals surface area contributed by atoms with Gasteiger partial charge in [0.15, 0.2) is 0 Å². The molecule has 0 aliphatic carbocycles. The molecule has 3 nitrogen and oxygen atoms in total. The molecule has 1 aromatic heterocycles. The number of fused-ring (bicyclic) bond motifs is 5. The lowest BCUT2D eigenvalue weighted by Gasteiger charge is -2.35. The lowest BCUT2D eigenvalue weighted by atomic mass is 9.90. The van der Waals surface area contributed by atoms with Crippen molar-refractivity contribution in [3.8, 4) is 27.9 Å². The third-order valence-corrected chi connectivity index (χ3v) is 11.1. The van der Waals surface area contributed by atoms with Gasteiger partial charge in [-0.3, -0.25) is 0 Å². The fourth-order valence-electron chi connectivity index (χ4n) is 8.62. The van der Waals surface area contributed by atoms with E-state index < -0.39 is 0 Å². The van der Waals surface area contributed by atoms with E-state index in [1.165, 1.54) is 60.5 Å². The van der Waals surface area contributed by atoms with Crippen LogP contribution in [-0.2, 0) is 0 Å². The third-order valence-electron chi connectivity index (χ3n) is 11.1. The Kier molecular flexibility index (Phi) is 7.17. The first-order valence-corrected chi connectivity index (χ1v) is 18.9. The number of rotatable bonds is 6. The van der Waals surface area contributed by atoms with Gasteiger partial charge in [0.1, 0.15) is 0 Å². The van der Waals surface area contributed by atoms with Gasteiger partial charge in [0.2, 0.25) is 0 Å². The SMILES string of the molecule is c1ccc(-c2ccc(N(c3ccc4c(c3)N(c3ccccc3)c3cccc5cccc-4c35)c3ccc4c5ccccc5n(-c5ccccc5)c4c3)cc2)cc1. The Balaban J connectivity index is 1.15. The summed E-state index contributed by atoms with van der Waals surface area (Å²) >= 11 is 0. The van der Waals surface area contributed by atoms with E-state index in [9.17, 15) is 0 Å². The van der Waals surface area contributed by atoms with Crippen LogP contribution in [0.15, 0.2) is 212 Å². The van der Waals surface area contributed by atoms with Crippen LogP contribution in [0, 0.1) is 0 Å². The molecular weight excluding hydrogens is 667 g/mol. The Morgan fingerprint density at radius 1 is 0.345 bits per heavy atom. The first-order valence-electron chi connectivity index (χ1n) is 18.9. The van der Waals surface area contributed by atoms with Gasteiger partial charge < -0.3 is 14.4 Å². The van der Waals surface area contributed by atoms with E-state index in [-0.39, 0.29) is 0 Å². The molecule has 0 amide bonds. The first-order chi connectivity index (χ1) is 27.3. The van der Waals surface area contributed by atoms with Crippen LogP contribution in [0.2, 0.25) is 0 Å². The summed E-state index contributed by atoms with van der Waals surface area (Å²) in [6, 6.07) is 77.0. The topological polar surface area (TPSA) is 11.4 Å². The zero-order valence-electron chi connectivity index (χ0n) is 30.0. The summed E-state index contributed by atoms with van der Waals surface area (Å²) in [6.45, 7) is 0. The predicted octanol–water partition coefficient (Wildman–Crippen LogP) is 14.5. The molecule has 11 rings (SSSR count). The van der Waals surface area contributed by atoms with Crippen molar-refractivity contribution in [1.29, 1.82) is 0 Å². The number of aromatic nitrogens is 1. The molecule has 0 fully saturated rings. The third kappa shape index (κ3) is 5.05. The zero-order chi connectivity index (χ0) is 36.3. The van der Waals surface area contributed by atoms with Crippen molar-refractivity contribution in [3.63, 3.8) is 0 Å². The second-order valence-corrected chi connectivity index (χ2v) is 14.2. The van der Waals surface area contributed by atoms with Crippen LogP contribution < -0.4 is 9.80 Å². The Morgan fingerprint density at radius 3 is 1.73 bits per heavy atom. The van der Waals surface area contributed by atoms with Gasteiger partial charge in [-0.1, -0.05) is 140 Å². The summed E-state index contributed by atoms with van der Waals surface area (Å²) < 4.78 is 2.40. The number of nitrogens with zero attached hydrogens (tertiary/aromatic N) is 3. The molecule has 0 spiro atoms. The molecule has 3 heteroatoms. The average Bonchev–Trinajstić information content (AvgIpc) is 3.59. The molecule has 0 saturated carbocycles. The van der Waals surface area contributed by atoms with Crippen LogP contribution in [-0.4, -0.2) is 4.57 Å². The summed E-state index contributed by atoms with van der Waals surface area (Å²) in [4.78, 5) is 4.84. The van der Waals surface area contributed by atoms with Crippen LogP contribution in [0.1, 0.15) is 0 Å². The van der Waals surface area contributed by atoms with Gasteiger partial charge in [-0.05, 0) is 94.9 Å². The van der Waals surface area contributed by atoms with Crippen molar-refractivity contribution in [2.75, 3.05) is 9.80 Å². The van der Waals surface area contributed by atoms with E-state index in [1.807, 2.05) is 0 Å². The predicted molar refractivity (Wildman–Crippen MR) is 232 cm³/mol. The molecule has 0 N–H and O–H groups in total. The minimum Gasteiger partial charge on any atom is -0.310 e. The van der Waals surface area contributed by atoms with Crippen molar-refractivity contribution in [2.24, 2.45) is 0 Å². The Morgan fingerprint density at radius 2 is 0.945 bits per heavy atom. The fourth-order valence-corrected chi connectivity index (χ4v) is 8.62. The summed E-state index contributed by atoms with van der Waals surface area (Å²) in [6.07, 6.45) is 0. The lowest BCUT2D eigenvalue weighted by molar-refractivity contribution is 1.18. The van der Waals surface area contributed by atoms with Crippen molar-refractivity contribution in [3.05, 3.63) is 212 Å². The maximum absolute atomic E-state index is 2.43. The number of para-hydroxylation sites is 3. The zero-order valence-corrected chi connectivity index (χ0v) is 30.0. The van der Waals surface area contributed by atoms with E-state index in [0.717, 1.165) is 34.1 Å². The molecule has 10 aromatic rings. The summed E-state index contributed by atoms with van der Waals surface area (Å²) in [5.41, 5.74) is 15.1. The molecule has 0 unspecified atom stereocenters. The highest BCUT2D eigenvalue weighted by atomic mass is 15.2. The average molecular weight is 702 g/mol. The highest BCUT2D eigenvalue weighted by Gasteiger charge is 2.27. The first kappa shape index (κ1) is 31.2. The van der Waals surface area contributed by atoms with E-state index in [0.29, 0.717) is 0 Å². The van der Waals surface area contributed by atoms with E-state index in [4.69, 9.17) is 0 Å². The molecule has 0 saturated heterocycles. The molecule has 9 aromatic carbocycles. The van der Waals surface area contributed by atoms with Gasteiger partial charge in [-0.15, -0.1) is 0 Å². The molecule has 0 atom stereocenters. The highest BCUT2D eigenvalue weighted by molar-refractivity contribution is 6.14. The monoisotopic (exact) mass is 701 g/mol. The molecule has 55 heavy (non-hydrogen) atoms. The van der Waals surface area contributed by atoms with Crippen LogP contribution >= 0.6 is 0 Å². The van der Waals surface area contributed by atoms with Crippen LogP contribution in [0.25, 0.3) is 60.5 Å². The van der Waals surface area contributed by atoms with Gasteiger partial charge in [-0.2, -0.15) is 0 Å². The second-order valence-electron chi connectivity index (χ2n) is 14.2. The van der Waals surface area contributed by atoms with Crippen molar-refractivity contribution in [2.45, 2.75) is 0 Å². The standard InChI is InChI=1S/C52H35N3/c1-4-14-36(15-5-1)37-26-28-41(29-27-37)53(42-30-32-45-44-22-10-11-24-48(44)54(50(45)34-42)39-18-6-2-7-19-39)43-31-33-46-47-23-12-16-38-17-13-25-49(52(38)47)55(51(46)35-43)40-20-8-3-9-21-40/h1-35H. The molecule has 1 aliphatic rings. The van der Waals surface area contributed by atoms with Crippen molar-refractivity contribution >= 4 is 66.7 Å². The number of hydrogen-bond acceptors (Lipinski definition) is 2. The van der Waals surface area contributed by atoms with Crippen LogP contribution in [0.3, 0.4) is 0 Å². The van der Waals surface area contributed by atoms with Crippen LogP contribution in [0.5, 0.6) is 0 Å². The number of anilines is 6. The minimum absolute atomic E-state index is 1.08. The molecule has 0 radical (unpaired) electrons. The van der Waals surface area contributed by atoms with Gasteiger partial charge in [0.25, 0.3) is 0 Å². The Labute approximate surface area is 320 Å². The number of benzene rings is 9. The maximum atomic E-state index is 2.43. The van der Waals surface area contributed by atoms with Crippen molar-refractivity contribution < 1.29 is 0 Å². The van der Waals surface area contributed by atoms with E-state index in [2.05, 4.69) is 227 Å². The molecule has 1 aliphatic heterocycles. The summed E-state index contributed by atoms with van der Waals surface area (Å²) in [7, 11) is 0. The highest BCUT2D eigenvalue weighted by Crippen LogP contribution is 2.52. The van der Waals surface area contributed by atoms with Gasteiger partial charge >= 0.3 is 0 Å². The molecule has 0 bridgehead atoms. The van der Waals surface area contributed by atoms with Crippen molar-refractivity contribution in [1.82, 2.24) is 4.57 Å². The normalized spacial score (nSPS) is 12.0. The fraction of sp³-hybridized carbons (Fsp3) is 0. The molecule has 2 heterocycles. The summed E-state index contributed by atoms with van der Waals surface area (Å²) in [5.74, 6) is 0.